The molecule has 0 spiro atoms. The Balaban J connectivity index is 3.48. The van der Waals surface area contributed by atoms with Crippen LogP contribution < -0.4 is 0 Å². The second-order valence-electron chi connectivity index (χ2n) is 2.42. The molecule has 3 nitrogen and oxygen atoms in total. The minimum atomic E-state index is -0.0403. The number of oxime groups is 1. The summed E-state index contributed by atoms with van der Waals surface area (Å²) in [6.45, 7) is 5.79. The molecule has 0 N–H and O–H groups in total. The van der Waals surface area contributed by atoms with Crippen LogP contribution in [0.2, 0.25) is 0 Å². The van der Waals surface area contributed by atoms with Crippen molar-refractivity contribution in [3.8, 4) is 0 Å². The molecule has 0 aliphatic heterocycles. The topological polar surface area (TPSA) is 38.7 Å². The van der Waals surface area contributed by atoms with Crippen molar-refractivity contribution in [2.75, 3.05) is 6.61 Å². The van der Waals surface area contributed by atoms with Crippen LogP contribution in [-0.4, -0.2) is 18.1 Å². The van der Waals surface area contributed by atoms with Crippen LogP contribution in [0, 0.1) is 0 Å². The quantitative estimate of drug-likeness (QED) is 0.346. The first kappa shape index (κ1) is 10.1. The summed E-state index contributed by atoms with van der Waals surface area (Å²) < 4.78 is 0. The van der Waals surface area contributed by atoms with E-state index in [9.17, 15) is 4.79 Å². The molecule has 0 fully saturated rings. The molecule has 3 heteroatoms. The van der Waals surface area contributed by atoms with E-state index in [4.69, 9.17) is 4.84 Å². The van der Waals surface area contributed by atoms with Gasteiger partial charge in [0.25, 0.3) is 0 Å². The van der Waals surface area contributed by atoms with Crippen LogP contribution in [0.5, 0.6) is 0 Å². The van der Waals surface area contributed by atoms with Crippen molar-refractivity contribution in [3.63, 3.8) is 0 Å². The van der Waals surface area contributed by atoms with Gasteiger partial charge in [-0.15, -0.1) is 0 Å². The van der Waals surface area contributed by atoms with E-state index in [0.29, 0.717) is 12.3 Å². The number of unbranched alkanes of at least 4 members (excludes halogenated alkanes) is 1. The van der Waals surface area contributed by atoms with E-state index in [0.717, 1.165) is 12.8 Å². The van der Waals surface area contributed by atoms with Crippen LogP contribution in [0.1, 0.15) is 33.6 Å². The molecule has 0 saturated heterocycles. The van der Waals surface area contributed by atoms with Crippen LogP contribution in [0.3, 0.4) is 0 Å². The molecule has 0 radical (unpaired) electrons. The molecule has 0 rings (SSSR count). The largest absolute Gasteiger partial charge is 0.396 e. The Morgan fingerprint density at radius 2 is 2.09 bits per heavy atom. The molecule has 0 saturated carbocycles. The Morgan fingerprint density at radius 1 is 1.45 bits per heavy atom. The number of ketones is 1. The number of hydrogen-bond acceptors (Lipinski definition) is 3. The van der Waals surface area contributed by atoms with Crippen molar-refractivity contribution < 1.29 is 9.63 Å². The summed E-state index contributed by atoms with van der Waals surface area (Å²) in [6, 6.07) is 0. The van der Waals surface area contributed by atoms with Crippen LogP contribution in [0.25, 0.3) is 0 Å². The molecule has 0 aromatic carbocycles. The smallest absolute Gasteiger partial charge is 0.177 e. The van der Waals surface area contributed by atoms with Crippen molar-refractivity contribution >= 4 is 11.5 Å². The van der Waals surface area contributed by atoms with Crippen molar-refractivity contribution in [2.24, 2.45) is 5.16 Å². The maximum atomic E-state index is 10.6. The second-order valence-corrected chi connectivity index (χ2v) is 2.42. The Morgan fingerprint density at radius 3 is 2.55 bits per heavy atom. The maximum absolute atomic E-state index is 10.6. The fourth-order valence-electron chi connectivity index (χ4n) is 0.416. The van der Waals surface area contributed by atoms with Gasteiger partial charge in [-0.3, -0.25) is 4.79 Å². The van der Waals surface area contributed by atoms with E-state index in [1.54, 1.807) is 6.92 Å². The summed E-state index contributed by atoms with van der Waals surface area (Å²) in [4.78, 5) is 15.5. The summed E-state index contributed by atoms with van der Waals surface area (Å²) in [7, 11) is 0. The van der Waals surface area contributed by atoms with E-state index in [1.165, 1.54) is 6.92 Å². The average molecular weight is 157 g/mol. The fourth-order valence-corrected chi connectivity index (χ4v) is 0.416. The molecule has 0 unspecified atom stereocenters. The lowest BCUT2D eigenvalue weighted by Crippen LogP contribution is -2.05. The van der Waals surface area contributed by atoms with Crippen LogP contribution in [0.15, 0.2) is 5.16 Å². The molecule has 0 aromatic rings. The lowest BCUT2D eigenvalue weighted by atomic mass is 10.3. The van der Waals surface area contributed by atoms with Gasteiger partial charge in [0, 0.05) is 6.92 Å². The average Bonchev–Trinajstić information content (AvgIpc) is 1.97. The van der Waals surface area contributed by atoms with Gasteiger partial charge in [0.1, 0.15) is 12.3 Å². The van der Waals surface area contributed by atoms with Crippen molar-refractivity contribution in [1.82, 2.24) is 0 Å². The minimum Gasteiger partial charge on any atom is -0.396 e. The zero-order chi connectivity index (χ0) is 8.69. The summed E-state index contributed by atoms with van der Waals surface area (Å²) in [5, 5.41) is 3.63. The first-order chi connectivity index (χ1) is 5.18. The normalized spacial score (nSPS) is 11.4. The highest BCUT2D eigenvalue weighted by Gasteiger charge is 1.96. The van der Waals surface area contributed by atoms with Gasteiger partial charge >= 0.3 is 0 Å². The highest BCUT2D eigenvalue weighted by atomic mass is 16.6. The van der Waals surface area contributed by atoms with E-state index in [2.05, 4.69) is 12.1 Å². The summed E-state index contributed by atoms with van der Waals surface area (Å²) >= 11 is 0. The molecule has 0 aliphatic rings. The molecule has 0 bridgehead atoms. The van der Waals surface area contributed by atoms with Gasteiger partial charge in [0.2, 0.25) is 0 Å². The first-order valence-electron chi connectivity index (χ1n) is 3.86. The van der Waals surface area contributed by atoms with E-state index < -0.39 is 0 Å². The number of Topliss-reactive ketones (excluding diaryl/α,β-unsaturated/α-hetero) is 1. The van der Waals surface area contributed by atoms with E-state index in [-0.39, 0.29) is 5.78 Å². The number of carbonyl (C=O) groups excluding carboxylic acids is 1. The predicted octanol–water partition coefficient (Wildman–Crippen LogP) is 1.77. The lowest BCUT2D eigenvalue weighted by Gasteiger charge is -1.97. The summed E-state index contributed by atoms with van der Waals surface area (Å²) in [5.41, 5.74) is 0.432. The molecule has 0 heterocycles. The fraction of sp³-hybridized carbons (Fsp3) is 0.750. The molecule has 0 atom stereocenters. The van der Waals surface area contributed by atoms with Crippen molar-refractivity contribution in [2.45, 2.75) is 33.6 Å². The Bertz CT molecular complexity index is 152. The SMILES string of the molecule is CCCCON=C(C)C(C)=O. The van der Waals surface area contributed by atoms with Crippen molar-refractivity contribution in [1.29, 1.82) is 0 Å². The van der Waals surface area contributed by atoms with Gasteiger partial charge in [0.15, 0.2) is 5.78 Å². The zero-order valence-corrected chi connectivity index (χ0v) is 7.39. The highest BCUT2D eigenvalue weighted by Crippen LogP contribution is 1.89. The number of nitrogens with zero attached hydrogens (tertiary/aromatic N) is 1. The number of rotatable bonds is 5. The third-order valence-corrected chi connectivity index (χ3v) is 1.30. The van der Waals surface area contributed by atoms with Gasteiger partial charge in [-0.2, -0.15) is 0 Å². The maximum Gasteiger partial charge on any atom is 0.177 e. The molecular weight excluding hydrogens is 142 g/mol. The highest BCUT2D eigenvalue weighted by molar-refractivity contribution is 6.37. The van der Waals surface area contributed by atoms with Gasteiger partial charge in [0.05, 0.1) is 0 Å². The zero-order valence-electron chi connectivity index (χ0n) is 7.39. The second kappa shape index (κ2) is 5.89. The van der Waals surface area contributed by atoms with E-state index in [1.807, 2.05) is 0 Å². The van der Waals surface area contributed by atoms with Crippen LogP contribution in [-0.2, 0) is 9.63 Å². The Hall–Kier alpha value is -0.860. The molecule has 64 valence electrons. The van der Waals surface area contributed by atoms with Crippen LogP contribution in [0.4, 0.5) is 0 Å². The predicted molar refractivity (Wildman–Crippen MR) is 44.7 cm³/mol. The van der Waals surface area contributed by atoms with Gasteiger partial charge in [-0.25, -0.2) is 0 Å². The standard InChI is InChI=1S/C8H15NO2/c1-4-5-6-11-9-7(2)8(3)10/h4-6H2,1-3H3. The number of hydrogen-bond donors (Lipinski definition) is 0. The number of carbonyl (C=O) groups is 1. The van der Waals surface area contributed by atoms with E-state index >= 15 is 0 Å². The third-order valence-electron chi connectivity index (χ3n) is 1.30. The summed E-state index contributed by atoms with van der Waals surface area (Å²) in [5.74, 6) is -0.0403. The van der Waals surface area contributed by atoms with Gasteiger partial charge in [-0.1, -0.05) is 18.5 Å². The Kier molecular flexibility index (Phi) is 5.43. The van der Waals surface area contributed by atoms with Crippen molar-refractivity contribution in [3.05, 3.63) is 0 Å². The Labute approximate surface area is 67.4 Å². The molecular formula is C8H15NO2. The lowest BCUT2D eigenvalue weighted by molar-refractivity contribution is -0.111. The van der Waals surface area contributed by atoms with Gasteiger partial charge < -0.3 is 4.84 Å². The van der Waals surface area contributed by atoms with Gasteiger partial charge in [-0.05, 0) is 13.3 Å². The molecule has 0 aromatic heterocycles. The third kappa shape index (κ3) is 5.58. The van der Waals surface area contributed by atoms with Crippen LogP contribution >= 0.6 is 0 Å². The first-order valence-corrected chi connectivity index (χ1v) is 3.86. The monoisotopic (exact) mass is 157 g/mol. The molecule has 0 aliphatic carbocycles. The minimum absolute atomic E-state index is 0.0403. The molecule has 0 amide bonds. The summed E-state index contributed by atoms with van der Waals surface area (Å²) in [6.07, 6.45) is 2.06. The molecule has 11 heavy (non-hydrogen) atoms.